The molecule has 2 rings (SSSR count). The second-order valence-corrected chi connectivity index (χ2v) is 7.70. The van der Waals surface area contributed by atoms with Crippen LogP contribution < -0.4 is 9.47 Å². The van der Waals surface area contributed by atoms with Crippen LogP contribution in [0.25, 0.3) is 0 Å². The molecule has 0 radical (unpaired) electrons. The second kappa shape index (κ2) is 11.7. The number of hydrogen-bond donors (Lipinski definition) is 0. The van der Waals surface area contributed by atoms with Gasteiger partial charge in [0.25, 0.3) is 5.91 Å². The fraction of sp³-hybridized carbons (Fsp3) is 0.545. The quantitative estimate of drug-likeness (QED) is 0.435. The van der Waals surface area contributed by atoms with Crippen LogP contribution in [0.4, 0.5) is 0 Å². The molecule has 0 aliphatic carbocycles. The lowest BCUT2D eigenvalue weighted by Gasteiger charge is -2.29. The largest absolute Gasteiger partial charge is 0.493 e. The number of amides is 1. The molecule has 5 nitrogen and oxygen atoms in total. The zero-order valence-corrected chi connectivity index (χ0v) is 18.3. The van der Waals surface area contributed by atoms with Crippen molar-refractivity contribution >= 4 is 17.2 Å². The fourth-order valence-corrected chi connectivity index (χ4v) is 3.72. The molecular formula is C22H32N2O3S. The van der Waals surface area contributed by atoms with E-state index in [0.717, 1.165) is 44.3 Å². The molecule has 0 spiro atoms. The molecule has 0 saturated heterocycles. The summed E-state index contributed by atoms with van der Waals surface area (Å²) in [6.45, 7) is 7.64. The van der Waals surface area contributed by atoms with Gasteiger partial charge in [-0.15, -0.1) is 11.3 Å². The minimum Gasteiger partial charge on any atom is -0.493 e. The Bertz CT molecular complexity index is 719. The number of nitrogens with zero attached hydrogens (tertiary/aromatic N) is 2. The summed E-state index contributed by atoms with van der Waals surface area (Å²) >= 11 is 1.54. The van der Waals surface area contributed by atoms with Crippen LogP contribution in [0.5, 0.6) is 11.5 Å². The highest BCUT2D eigenvalue weighted by atomic mass is 32.1. The lowest BCUT2D eigenvalue weighted by Crippen LogP contribution is -2.39. The van der Waals surface area contributed by atoms with Gasteiger partial charge in [0.2, 0.25) is 0 Å². The van der Waals surface area contributed by atoms with Crippen molar-refractivity contribution in [1.82, 2.24) is 9.88 Å². The zero-order chi connectivity index (χ0) is 20.4. The first-order valence-corrected chi connectivity index (χ1v) is 11.0. The zero-order valence-electron chi connectivity index (χ0n) is 17.4. The van der Waals surface area contributed by atoms with E-state index in [2.05, 4.69) is 25.8 Å². The molecule has 28 heavy (non-hydrogen) atoms. The first-order chi connectivity index (χ1) is 13.6. The molecule has 0 saturated carbocycles. The van der Waals surface area contributed by atoms with Crippen LogP contribution in [0.3, 0.4) is 0 Å². The van der Waals surface area contributed by atoms with Gasteiger partial charge in [-0.05, 0) is 38.0 Å². The van der Waals surface area contributed by atoms with Crippen molar-refractivity contribution < 1.29 is 14.3 Å². The Hall–Kier alpha value is -2.08. The molecule has 154 valence electrons. The maximum atomic E-state index is 13.2. The van der Waals surface area contributed by atoms with Gasteiger partial charge in [0.1, 0.15) is 6.61 Å². The maximum absolute atomic E-state index is 13.2. The SMILES string of the molecule is CCCCCN(C(=O)c1ccc(OCc2cscn2)c(OC)c1)C(C)CCC. The number of aromatic nitrogens is 1. The van der Waals surface area contributed by atoms with Crippen molar-refractivity contribution in [3.8, 4) is 11.5 Å². The first-order valence-electron chi connectivity index (χ1n) is 10.1. The summed E-state index contributed by atoms with van der Waals surface area (Å²) < 4.78 is 11.3. The predicted octanol–water partition coefficient (Wildman–Crippen LogP) is 5.55. The first kappa shape index (κ1) is 22.2. The highest BCUT2D eigenvalue weighted by Gasteiger charge is 2.22. The van der Waals surface area contributed by atoms with Crippen molar-refractivity contribution in [2.24, 2.45) is 0 Å². The number of carbonyl (C=O) groups excluding carboxylic acids is 1. The third-order valence-corrected chi connectivity index (χ3v) is 5.41. The Morgan fingerprint density at radius 1 is 1.21 bits per heavy atom. The van der Waals surface area contributed by atoms with Crippen LogP contribution in [-0.4, -0.2) is 35.5 Å². The Morgan fingerprint density at radius 2 is 2.04 bits per heavy atom. The minimum atomic E-state index is 0.0569. The topological polar surface area (TPSA) is 51.7 Å². The lowest BCUT2D eigenvalue weighted by atomic mass is 10.1. The normalized spacial score (nSPS) is 11.9. The van der Waals surface area contributed by atoms with E-state index in [9.17, 15) is 4.79 Å². The van der Waals surface area contributed by atoms with E-state index < -0.39 is 0 Å². The van der Waals surface area contributed by atoms with E-state index in [0.29, 0.717) is 23.7 Å². The smallest absolute Gasteiger partial charge is 0.254 e. The van der Waals surface area contributed by atoms with Crippen LogP contribution in [-0.2, 0) is 6.61 Å². The standard InChI is InChI=1S/C22H32N2O3S/c1-5-7-8-12-24(17(3)9-6-2)22(25)18-10-11-20(21(13-18)26-4)27-14-19-15-28-16-23-19/h10-11,13,15-17H,5-9,12,14H2,1-4H3. The summed E-state index contributed by atoms with van der Waals surface area (Å²) in [6, 6.07) is 5.64. The van der Waals surface area contributed by atoms with E-state index in [1.807, 2.05) is 22.4 Å². The molecule has 0 fully saturated rings. The van der Waals surface area contributed by atoms with Gasteiger partial charge in [-0.3, -0.25) is 4.79 Å². The molecule has 2 aromatic rings. The number of methoxy groups -OCH3 is 1. The molecule has 1 amide bonds. The van der Waals surface area contributed by atoms with Crippen LogP contribution in [0.15, 0.2) is 29.1 Å². The van der Waals surface area contributed by atoms with Gasteiger partial charge in [-0.2, -0.15) is 0 Å². The highest BCUT2D eigenvalue weighted by Crippen LogP contribution is 2.30. The van der Waals surface area contributed by atoms with Gasteiger partial charge >= 0.3 is 0 Å². The number of rotatable bonds is 12. The van der Waals surface area contributed by atoms with E-state index in [1.165, 1.54) is 11.3 Å². The van der Waals surface area contributed by atoms with Crippen molar-refractivity contribution in [1.29, 1.82) is 0 Å². The number of hydrogen-bond acceptors (Lipinski definition) is 5. The van der Waals surface area contributed by atoms with Gasteiger partial charge in [-0.25, -0.2) is 4.98 Å². The predicted molar refractivity (Wildman–Crippen MR) is 114 cm³/mol. The van der Waals surface area contributed by atoms with Crippen molar-refractivity contribution in [3.05, 3.63) is 40.3 Å². The summed E-state index contributed by atoms with van der Waals surface area (Å²) in [4.78, 5) is 19.4. The van der Waals surface area contributed by atoms with E-state index in [4.69, 9.17) is 9.47 Å². The summed E-state index contributed by atoms with van der Waals surface area (Å²) in [6.07, 6.45) is 5.37. The second-order valence-electron chi connectivity index (χ2n) is 6.98. The average Bonchev–Trinajstić information content (AvgIpc) is 3.23. The molecule has 0 bridgehead atoms. The fourth-order valence-electron chi connectivity index (χ4n) is 3.17. The summed E-state index contributed by atoms with van der Waals surface area (Å²) in [5.74, 6) is 1.24. The van der Waals surface area contributed by atoms with E-state index in [1.54, 1.807) is 18.7 Å². The number of unbranched alkanes of at least 4 members (excludes halogenated alkanes) is 2. The molecular weight excluding hydrogens is 372 g/mol. The van der Waals surface area contributed by atoms with E-state index in [-0.39, 0.29) is 11.9 Å². The molecule has 0 N–H and O–H groups in total. The molecule has 0 aliphatic rings. The Labute approximate surface area is 172 Å². The molecule has 1 unspecified atom stereocenters. The Balaban J connectivity index is 2.14. The lowest BCUT2D eigenvalue weighted by molar-refractivity contribution is 0.0679. The third kappa shape index (κ3) is 6.23. The summed E-state index contributed by atoms with van der Waals surface area (Å²) in [5.41, 5.74) is 3.29. The van der Waals surface area contributed by atoms with Crippen LogP contribution in [0.1, 0.15) is 68.9 Å². The van der Waals surface area contributed by atoms with Crippen LogP contribution in [0, 0.1) is 0 Å². The monoisotopic (exact) mass is 404 g/mol. The highest BCUT2D eigenvalue weighted by molar-refractivity contribution is 7.07. The van der Waals surface area contributed by atoms with Gasteiger partial charge in [0.15, 0.2) is 11.5 Å². The maximum Gasteiger partial charge on any atom is 0.254 e. The molecule has 0 aliphatic heterocycles. The minimum absolute atomic E-state index is 0.0569. The van der Waals surface area contributed by atoms with Crippen molar-refractivity contribution in [2.75, 3.05) is 13.7 Å². The van der Waals surface area contributed by atoms with Crippen LogP contribution in [0.2, 0.25) is 0 Å². The van der Waals surface area contributed by atoms with Crippen molar-refractivity contribution in [2.45, 2.75) is 65.5 Å². The summed E-state index contributed by atoms with van der Waals surface area (Å²) in [5, 5.41) is 1.95. The van der Waals surface area contributed by atoms with Gasteiger partial charge in [0.05, 0.1) is 18.3 Å². The number of ether oxygens (including phenoxy) is 2. The van der Waals surface area contributed by atoms with Crippen LogP contribution >= 0.6 is 11.3 Å². The Kier molecular flexibility index (Phi) is 9.28. The van der Waals surface area contributed by atoms with Gasteiger partial charge in [0, 0.05) is 23.5 Å². The number of benzene rings is 1. The van der Waals surface area contributed by atoms with E-state index >= 15 is 0 Å². The van der Waals surface area contributed by atoms with Gasteiger partial charge < -0.3 is 14.4 Å². The molecule has 6 heteroatoms. The molecule has 1 heterocycles. The third-order valence-electron chi connectivity index (χ3n) is 4.77. The Morgan fingerprint density at radius 3 is 2.68 bits per heavy atom. The number of carbonyl (C=O) groups is 1. The number of thiazole rings is 1. The summed E-state index contributed by atoms with van der Waals surface area (Å²) in [7, 11) is 1.60. The molecule has 1 atom stereocenters. The average molecular weight is 405 g/mol. The van der Waals surface area contributed by atoms with Crippen molar-refractivity contribution in [3.63, 3.8) is 0 Å². The molecule has 1 aromatic carbocycles. The van der Waals surface area contributed by atoms with Gasteiger partial charge in [-0.1, -0.05) is 33.1 Å². The molecule has 1 aromatic heterocycles.